The lowest BCUT2D eigenvalue weighted by Gasteiger charge is -2.23. The van der Waals surface area contributed by atoms with Gasteiger partial charge in [0.2, 0.25) is 17.7 Å². The number of ether oxygens (including phenoxy) is 1. The number of carbonyl (C=O) groups is 3. The minimum atomic E-state index is -0.950. The van der Waals surface area contributed by atoms with E-state index >= 15 is 0 Å². The van der Waals surface area contributed by atoms with Gasteiger partial charge in [-0.3, -0.25) is 9.59 Å². The minimum Gasteiger partial charge on any atom is -0.453 e. The molecule has 52 heavy (non-hydrogen) atoms. The van der Waals surface area contributed by atoms with E-state index in [0.717, 1.165) is 35.2 Å². The number of imidazole rings is 2. The van der Waals surface area contributed by atoms with Crippen LogP contribution in [0.5, 0.6) is 0 Å². The topological polar surface area (TPSA) is 171 Å². The maximum atomic E-state index is 13.3. The van der Waals surface area contributed by atoms with Crippen molar-refractivity contribution < 1.29 is 23.5 Å². The molecular formula is C39H38N8O5. The van der Waals surface area contributed by atoms with Crippen LogP contribution in [0.25, 0.3) is 34.2 Å². The zero-order chi connectivity index (χ0) is 36.0. The Hall–Kier alpha value is -6.50. The van der Waals surface area contributed by atoms with Crippen LogP contribution < -0.4 is 10.6 Å². The Balaban J connectivity index is 1.02. The molecule has 0 aliphatic carbocycles. The summed E-state index contributed by atoms with van der Waals surface area (Å²) in [7, 11) is 1.25. The molecule has 1 aliphatic rings. The lowest BCUT2D eigenvalue weighted by atomic mass is 10.1. The Bertz CT molecular complexity index is 2160. The van der Waals surface area contributed by atoms with Crippen LogP contribution in [-0.2, 0) is 20.7 Å². The normalized spacial score (nSPS) is 15.2. The van der Waals surface area contributed by atoms with Crippen molar-refractivity contribution in [2.45, 2.75) is 44.3 Å². The third-order valence-electron chi connectivity index (χ3n) is 9.08. The summed E-state index contributed by atoms with van der Waals surface area (Å²) in [5.74, 6) is 1.89. The summed E-state index contributed by atoms with van der Waals surface area (Å²) >= 11 is 0. The average molecular weight is 699 g/mol. The average Bonchev–Trinajstić information content (AvgIpc) is 4.01. The highest BCUT2D eigenvalue weighted by Crippen LogP contribution is 2.33. The van der Waals surface area contributed by atoms with Crippen molar-refractivity contribution in [1.29, 1.82) is 0 Å². The van der Waals surface area contributed by atoms with Gasteiger partial charge in [0.25, 0.3) is 0 Å². The SMILES string of the molecule is COC(=O)N[C@@H](C(=O)N[C@@H](C)c1ncc(-c2cccc(-c3cnc(-c4cnc([C@@H]5CCCN5C(=O)Cc5ccccc5)[nH]4)o3)c2)[nH]1)c1ccccc1. The molecule has 7 rings (SSSR count). The number of H-pyrrole nitrogens is 2. The van der Waals surface area contributed by atoms with Crippen molar-refractivity contribution in [3.8, 4) is 34.2 Å². The number of amides is 3. The number of oxazole rings is 1. The van der Waals surface area contributed by atoms with Crippen LogP contribution in [0, 0.1) is 0 Å². The van der Waals surface area contributed by atoms with E-state index in [9.17, 15) is 14.4 Å². The van der Waals surface area contributed by atoms with Crippen LogP contribution in [0.15, 0.2) is 108 Å². The van der Waals surface area contributed by atoms with Gasteiger partial charge in [-0.15, -0.1) is 0 Å². The summed E-state index contributed by atoms with van der Waals surface area (Å²) in [6, 6.07) is 24.9. The number of hydrogen-bond acceptors (Lipinski definition) is 8. The predicted molar refractivity (Wildman–Crippen MR) is 192 cm³/mol. The summed E-state index contributed by atoms with van der Waals surface area (Å²) < 4.78 is 10.9. The second-order valence-corrected chi connectivity index (χ2v) is 12.6. The molecule has 13 heteroatoms. The van der Waals surface area contributed by atoms with Gasteiger partial charge >= 0.3 is 6.09 Å². The maximum Gasteiger partial charge on any atom is 0.407 e. The lowest BCUT2D eigenvalue weighted by molar-refractivity contribution is -0.131. The Morgan fingerprint density at radius 3 is 2.42 bits per heavy atom. The molecule has 3 aromatic carbocycles. The van der Waals surface area contributed by atoms with Crippen molar-refractivity contribution in [1.82, 2.24) is 40.5 Å². The van der Waals surface area contributed by atoms with Gasteiger partial charge in [0.1, 0.15) is 23.4 Å². The fourth-order valence-electron chi connectivity index (χ4n) is 6.40. The number of carbonyl (C=O) groups excluding carboxylic acids is 3. The van der Waals surface area contributed by atoms with Crippen molar-refractivity contribution in [3.05, 3.63) is 126 Å². The number of methoxy groups -OCH3 is 1. The van der Waals surface area contributed by atoms with E-state index in [2.05, 4.69) is 35.6 Å². The van der Waals surface area contributed by atoms with Crippen LogP contribution >= 0.6 is 0 Å². The van der Waals surface area contributed by atoms with Gasteiger partial charge in [-0.2, -0.15) is 0 Å². The number of rotatable bonds is 11. The molecule has 3 atom stereocenters. The monoisotopic (exact) mass is 698 g/mol. The second kappa shape index (κ2) is 15.2. The van der Waals surface area contributed by atoms with Crippen molar-refractivity contribution in [2.24, 2.45) is 0 Å². The Morgan fingerprint density at radius 2 is 1.63 bits per heavy atom. The van der Waals surface area contributed by atoms with Crippen LogP contribution in [0.4, 0.5) is 4.79 Å². The Morgan fingerprint density at radius 1 is 0.885 bits per heavy atom. The highest BCUT2D eigenvalue weighted by Gasteiger charge is 2.32. The number of nitrogens with zero attached hydrogens (tertiary/aromatic N) is 4. The maximum absolute atomic E-state index is 13.3. The van der Waals surface area contributed by atoms with Gasteiger partial charge in [-0.1, -0.05) is 78.9 Å². The molecule has 3 aromatic heterocycles. The molecule has 0 radical (unpaired) electrons. The zero-order valence-electron chi connectivity index (χ0n) is 28.7. The second-order valence-electron chi connectivity index (χ2n) is 12.6. The Labute approximate surface area is 299 Å². The van der Waals surface area contributed by atoms with Crippen LogP contribution in [0.1, 0.15) is 60.7 Å². The standard InChI is InChI=1S/C39H38N8O5/c1-24(43-37(49)34(46-39(50)51-2)26-13-7-4-8-14-26)35-40-21-29(44-35)27-15-9-16-28(20-27)32-23-42-38(52-32)30-22-41-36(45-30)31-17-10-18-47(31)33(48)19-25-11-5-3-6-12-25/h3-9,11-16,20-24,31,34H,10,17-19H2,1-2H3,(H,40,44)(H,41,45)(H,43,49)(H,46,50)/t24-,31-,34+/m0/s1. The van der Waals surface area contributed by atoms with E-state index in [1.807, 2.05) is 65.6 Å². The van der Waals surface area contributed by atoms with E-state index < -0.39 is 24.1 Å². The highest BCUT2D eigenvalue weighted by molar-refractivity contribution is 5.87. The molecule has 6 aromatic rings. The van der Waals surface area contributed by atoms with Gasteiger partial charge in [0.15, 0.2) is 5.76 Å². The molecule has 4 heterocycles. The largest absolute Gasteiger partial charge is 0.453 e. The molecule has 0 saturated carbocycles. The predicted octanol–water partition coefficient (Wildman–Crippen LogP) is 6.30. The molecule has 13 nitrogen and oxygen atoms in total. The third kappa shape index (κ3) is 7.48. The Kier molecular flexibility index (Phi) is 9.91. The number of alkyl carbamates (subject to hydrolysis) is 1. The van der Waals surface area contributed by atoms with Crippen LogP contribution in [0.2, 0.25) is 0 Å². The number of likely N-dealkylation sites (tertiary alicyclic amines) is 1. The molecule has 1 saturated heterocycles. The molecule has 1 aliphatic heterocycles. The van der Waals surface area contributed by atoms with E-state index in [-0.39, 0.29) is 11.9 Å². The summed E-state index contributed by atoms with van der Waals surface area (Å²) in [5, 5.41) is 5.52. The van der Waals surface area contributed by atoms with E-state index in [0.29, 0.717) is 47.5 Å². The summed E-state index contributed by atoms with van der Waals surface area (Å²) in [4.78, 5) is 60.6. The molecule has 0 spiro atoms. The van der Waals surface area contributed by atoms with Gasteiger partial charge in [-0.25, -0.2) is 19.7 Å². The van der Waals surface area contributed by atoms with Gasteiger partial charge in [0, 0.05) is 17.7 Å². The first-order valence-corrected chi connectivity index (χ1v) is 17.1. The first-order chi connectivity index (χ1) is 25.4. The highest BCUT2D eigenvalue weighted by atomic mass is 16.5. The first-order valence-electron chi connectivity index (χ1n) is 17.1. The summed E-state index contributed by atoms with van der Waals surface area (Å²) in [6.07, 6.45) is 6.45. The molecular weight excluding hydrogens is 660 g/mol. The smallest absolute Gasteiger partial charge is 0.407 e. The number of aromatic amines is 2. The van der Waals surface area contributed by atoms with Crippen molar-refractivity contribution in [2.75, 3.05) is 13.7 Å². The van der Waals surface area contributed by atoms with Gasteiger partial charge in [-0.05, 0) is 37.0 Å². The minimum absolute atomic E-state index is 0.0816. The van der Waals surface area contributed by atoms with Crippen LogP contribution in [-0.4, -0.2) is 61.4 Å². The molecule has 4 N–H and O–H groups in total. The molecule has 0 unspecified atom stereocenters. The summed E-state index contributed by atoms with van der Waals surface area (Å²) in [5.41, 5.74) is 4.64. The van der Waals surface area contributed by atoms with E-state index in [4.69, 9.17) is 9.15 Å². The molecule has 3 amide bonds. The first kappa shape index (κ1) is 34.0. The van der Waals surface area contributed by atoms with E-state index in [1.165, 1.54) is 7.11 Å². The zero-order valence-corrected chi connectivity index (χ0v) is 28.7. The van der Waals surface area contributed by atoms with E-state index in [1.54, 1.807) is 49.8 Å². The van der Waals surface area contributed by atoms with Crippen molar-refractivity contribution in [3.63, 3.8) is 0 Å². The summed E-state index contributed by atoms with van der Waals surface area (Å²) in [6.45, 7) is 2.50. The third-order valence-corrected chi connectivity index (χ3v) is 9.08. The van der Waals surface area contributed by atoms with Crippen LogP contribution in [0.3, 0.4) is 0 Å². The number of aromatic nitrogens is 5. The fourth-order valence-corrected chi connectivity index (χ4v) is 6.40. The lowest BCUT2D eigenvalue weighted by Crippen LogP contribution is -2.41. The number of hydrogen-bond donors (Lipinski definition) is 4. The quantitative estimate of drug-likeness (QED) is 0.122. The molecule has 264 valence electrons. The van der Waals surface area contributed by atoms with Crippen molar-refractivity contribution >= 4 is 17.9 Å². The van der Waals surface area contributed by atoms with Gasteiger partial charge in [0.05, 0.1) is 49.9 Å². The number of nitrogens with one attached hydrogen (secondary N) is 4. The molecule has 1 fully saturated rings. The fraction of sp³-hybridized carbons (Fsp3) is 0.231. The number of benzene rings is 3. The van der Waals surface area contributed by atoms with Gasteiger partial charge < -0.3 is 34.7 Å². The molecule has 0 bridgehead atoms.